The number of benzene rings is 3. The van der Waals surface area contributed by atoms with E-state index < -0.39 is 6.10 Å². The Bertz CT molecular complexity index is 954. The number of aliphatic hydroxyl groups is 1. The van der Waals surface area contributed by atoms with Crippen LogP contribution in [0.15, 0.2) is 71.1 Å². The molecule has 1 atom stereocenters. The van der Waals surface area contributed by atoms with Crippen molar-refractivity contribution in [1.29, 1.82) is 0 Å². The highest BCUT2D eigenvalue weighted by atomic mass is 19.1. The third-order valence-corrected chi connectivity index (χ3v) is 3.90. The third-order valence-electron chi connectivity index (χ3n) is 3.90. The lowest BCUT2D eigenvalue weighted by Crippen LogP contribution is -1.99. The lowest BCUT2D eigenvalue weighted by molar-refractivity contribution is 0.220. The number of aliphatic hydroxyl groups excluding tert-OH is 1. The smallest absolute Gasteiger partial charge is 0.135 e. The molecule has 0 fully saturated rings. The predicted octanol–water partition coefficient (Wildman–Crippen LogP) is 4.81. The number of halogens is 1. The van der Waals surface area contributed by atoms with E-state index in [0.29, 0.717) is 5.56 Å². The van der Waals surface area contributed by atoms with Crippen molar-refractivity contribution in [2.75, 3.05) is 0 Å². The number of furan rings is 1. The molecule has 0 saturated carbocycles. The van der Waals surface area contributed by atoms with Crippen molar-refractivity contribution >= 4 is 21.9 Å². The van der Waals surface area contributed by atoms with Gasteiger partial charge in [-0.25, -0.2) is 4.39 Å². The molecule has 0 bridgehead atoms. The first-order valence-electron chi connectivity index (χ1n) is 7.07. The van der Waals surface area contributed by atoms with Gasteiger partial charge in [0, 0.05) is 10.8 Å². The van der Waals surface area contributed by atoms with Crippen LogP contribution in [0.2, 0.25) is 0 Å². The average molecular weight is 292 g/mol. The van der Waals surface area contributed by atoms with Gasteiger partial charge in [-0.15, -0.1) is 0 Å². The zero-order valence-corrected chi connectivity index (χ0v) is 11.7. The summed E-state index contributed by atoms with van der Waals surface area (Å²) >= 11 is 0. The standard InChI is InChI=1S/C19H13FO2/c20-14-8-5-12(6-9-14)19(21)13-7-10-16-15-3-1-2-4-17(15)22-18(16)11-13/h1-11,19,21H. The Labute approximate surface area is 126 Å². The number of hydrogen-bond acceptors (Lipinski definition) is 2. The van der Waals surface area contributed by atoms with Crippen LogP contribution >= 0.6 is 0 Å². The lowest BCUT2D eigenvalue weighted by atomic mass is 10.0. The minimum atomic E-state index is -0.807. The van der Waals surface area contributed by atoms with Gasteiger partial charge < -0.3 is 9.52 Å². The van der Waals surface area contributed by atoms with Crippen LogP contribution in [0, 0.1) is 5.82 Å². The maximum atomic E-state index is 13.0. The van der Waals surface area contributed by atoms with Crippen molar-refractivity contribution in [3.63, 3.8) is 0 Å². The first-order valence-corrected chi connectivity index (χ1v) is 7.07. The summed E-state index contributed by atoms with van der Waals surface area (Å²) < 4.78 is 18.8. The fraction of sp³-hybridized carbons (Fsp3) is 0.0526. The largest absolute Gasteiger partial charge is 0.456 e. The monoisotopic (exact) mass is 292 g/mol. The van der Waals surface area contributed by atoms with Crippen molar-refractivity contribution in [3.05, 3.63) is 83.7 Å². The summed E-state index contributed by atoms with van der Waals surface area (Å²) in [6, 6.07) is 19.4. The van der Waals surface area contributed by atoms with Crippen molar-refractivity contribution in [2.24, 2.45) is 0 Å². The molecule has 0 radical (unpaired) electrons. The molecule has 0 aliphatic carbocycles. The van der Waals surface area contributed by atoms with Gasteiger partial charge in [0.25, 0.3) is 0 Å². The molecule has 0 aliphatic rings. The van der Waals surface area contributed by atoms with Crippen LogP contribution in [0.4, 0.5) is 4.39 Å². The van der Waals surface area contributed by atoms with Crippen LogP contribution in [0.25, 0.3) is 21.9 Å². The van der Waals surface area contributed by atoms with E-state index in [9.17, 15) is 9.50 Å². The highest BCUT2D eigenvalue weighted by molar-refractivity contribution is 6.04. The second kappa shape index (κ2) is 4.97. The molecule has 1 unspecified atom stereocenters. The van der Waals surface area contributed by atoms with E-state index in [0.717, 1.165) is 27.5 Å². The zero-order valence-electron chi connectivity index (χ0n) is 11.7. The van der Waals surface area contributed by atoms with Gasteiger partial charge in [-0.05, 0) is 35.4 Å². The predicted molar refractivity (Wildman–Crippen MR) is 84.2 cm³/mol. The van der Waals surface area contributed by atoms with Gasteiger partial charge in [0.15, 0.2) is 0 Å². The molecule has 1 aromatic heterocycles. The van der Waals surface area contributed by atoms with Crippen LogP contribution in [0.3, 0.4) is 0 Å². The SMILES string of the molecule is OC(c1ccc(F)cc1)c1ccc2c(c1)oc1ccccc12. The van der Waals surface area contributed by atoms with Gasteiger partial charge in [0.1, 0.15) is 23.1 Å². The maximum absolute atomic E-state index is 13.0. The minimum absolute atomic E-state index is 0.316. The highest BCUT2D eigenvalue weighted by Crippen LogP contribution is 2.31. The van der Waals surface area contributed by atoms with E-state index in [1.54, 1.807) is 12.1 Å². The van der Waals surface area contributed by atoms with Gasteiger partial charge in [-0.3, -0.25) is 0 Å². The molecule has 4 rings (SSSR count). The maximum Gasteiger partial charge on any atom is 0.135 e. The Hall–Kier alpha value is -2.65. The second-order valence-electron chi connectivity index (χ2n) is 5.31. The molecule has 3 aromatic carbocycles. The van der Waals surface area contributed by atoms with E-state index >= 15 is 0 Å². The van der Waals surface area contributed by atoms with Crippen LogP contribution in [-0.2, 0) is 0 Å². The Morgan fingerprint density at radius 3 is 2.27 bits per heavy atom. The number of fused-ring (bicyclic) bond motifs is 3. The molecule has 1 heterocycles. The fourth-order valence-corrected chi connectivity index (χ4v) is 2.75. The lowest BCUT2D eigenvalue weighted by Gasteiger charge is -2.11. The van der Waals surface area contributed by atoms with Crippen LogP contribution in [0.5, 0.6) is 0 Å². The summed E-state index contributed by atoms with van der Waals surface area (Å²) in [5.41, 5.74) is 2.93. The van der Waals surface area contributed by atoms with E-state index in [1.165, 1.54) is 12.1 Å². The van der Waals surface area contributed by atoms with Crippen molar-refractivity contribution < 1.29 is 13.9 Å². The normalized spacial score (nSPS) is 12.8. The third kappa shape index (κ3) is 2.07. The summed E-state index contributed by atoms with van der Waals surface area (Å²) in [5, 5.41) is 12.5. The molecule has 0 spiro atoms. The van der Waals surface area contributed by atoms with Gasteiger partial charge >= 0.3 is 0 Å². The fourth-order valence-electron chi connectivity index (χ4n) is 2.75. The Morgan fingerprint density at radius 2 is 1.45 bits per heavy atom. The molecule has 2 nitrogen and oxygen atoms in total. The Morgan fingerprint density at radius 1 is 0.773 bits per heavy atom. The number of para-hydroxylation sites is 1. The molecule has 108 valence electrons. The van der Waals surface area contributed by atoms with Crippen LogP contribution in [0.1, 0.15) is 17.2 Å². The molecular formula is C19H13FO2. The molecule has 3 heteroatoms. The summed E-state index contributed by atoms with van der Waals surface area (Å²) in [4.78, 5) is 0. The first-order chi connectivity index (χ1) is 10.7. The van der Waals surface area contributed by atoms with E-state index in [4.69, 9.17) is 4.42 Å². The van der Waals surface area contributed by atoms with Gasteiger partial charge in [-0.1, -0.05) is 42.5 Å². The summed E-state index contributed by atoms with van der Waals surface area (Å²) in [7, 11) is 0. The molecular weight excluding hydrogens is 279 g/mol. The summed E-state index contributed by atoms with van der Waals surface area (Å²) in [5.74, 6) is -0.316. The second-order valence-corrected chi connectivity index (χ2v) is 5.31. The number of hydrogen-bond donors (Lipinski definition) is 1. The molecule has 22 heavy (non-hydrogen) atoms. The van der Waals surface area contributed by atoms with Crippen molar-refractivity contribution in [3.8, 4) is 0 Å². The topological polar surface area (TPSA) is 33.4 Å². The molecule has 4 aromatic rings. The van der Waals surface area contributed by atoms with E-state index in [1.807, 2.05) is 42.5 Å². The molecule has 0 saturated heterocycles. The van der Waals surface area contributed by atoms with Gasteiger partial charge in [-0.2, -0.15) is 0 Å². The first kappa shape index (κ1) is 13.0. The zero-order chi connectivity index (χ0) is 15.1. The summed E-state index contributed by atoms with van der Waals surface area (Å²) in [6.07, 6.45) is -0.807. The molecule has 0 amide bonds. The van der Waals surface area contributed by atoms with E-state index in [-0.39, 0.29) is 5.82 Å². The van der Waals surface area contributed by atoms with Crippen molar-refractivity contribution in [1.82, 2.24) is 0 Å². The quantitative estimate of drug-likeness (QED) is 0.575. The van der Waals surface area contributed by atoms with Crippen LogP contribution in [-0.4, -0.2) is 5.11 Å². The number of rotatable bonds is 2. The molecule has 0 aliphatic heterocycles. The average Bonchev–Trinajstić information content (AvgIpc) is 2.92. The summed E-state index contributed by atoms with van der Waals surface area (Å²) in [6.45, 7) is 0. The highest BCUT2D eigenvalue weighted by Gasteiger charge is 2.13. The van der Waals surface area contributed by atoms with Crippen molar-refractivity contribution in [2.45, 2.75) is 6.10 Å². The minimum Gasteiger partial charge on any atom is -0.456 e. The Balaban J connectivity index is 1.81. The van der Waals surface area contributed by atoms with E-state index in [2.05, 4.69) is 0 Å². The molecule has 1 N–H and O–H groups in total. The van der Waals surface area contributed by atoms with Crippen LogP contribution < -0.4 is 0 Å². The van der Waals surface area contributed by atoms with Gasteiger partial charge in [0.05, 0.1) is 0 Å². The Kier molecular flexibility index (Phi) is 2.94. The van der Waals surface area contributed by atoms with Gasteiger partial charge in [0.2, 0.25) is 0 Å².